The molecule has 0 aliphatic heterocycles. The number of nitrogens with one attached hydrogen (secondary N) is 1. The molecule has 0 bridgehead atoms. The number of rotatable bonds is 5. The van der Waals surface area contributed by atoms with Gasteiger partial charge in [-0.1, -0.05) is 12.1 Å². The van der Waals surface area contributed by atoms with Gasteiger partial charge in [-0.2, -0.15) is 5.10 Å². The number of aromatic nitrogens is 2. The van der Waals surface area contributed by atoms with Crippen LogP contribution in [0.3, 0.4) is 0 Å². The Labute approximate surface area is 113 Å². The average molecular weight is 261 g/mol. The first-order valence-corrected chi connectivity index (χ1v) is 6.58. The van der Waals surface area contributed by atoms with Crippen LogP contribution in [0.15, 0.2) is 36.7 Å². The molecule has 1 N–H and O–H groups in total. The van der Waals surface area contributed by atoms with Gasteiger partial charge < -0.3 is 5.32 Å². The Hall–Kier alpha value is -1.68. The molecule has 0 amide bonds. The molecule has 0 aliphatic rings. The second-order valence-electron chi connectivity index (χ2n) is 5.08. The fraction of sp³-hybridized carbons (Fsp3) is 0.400. The third kappa shape index (κ3) is 3.64. The van der Waals surface area contributed by atoms with Gasteiger partial charge in [0.2, 0.25) is 0 Å². The molecule has 19 heavy (non-hydrogen) atoms. The van der Waals surface area contributed by atoms with E-state index in [1.165, 1.54) is 12.1 Å². The molecule has 0 fully saturated rings. The van der Waals surface area contributed by atoms with Gasteiger partial charge in [0, 0.05) is 30.4 Å². The molecule has 0 unspecified atom stereocenters. The molecule has 4 heteroatoms. The summed E-state index contributed by atoms with van der Waals surface area (Å²) in [5, 5.41) is 7.72. The van der Waals surface area contributed by atoms with Crippen molar-refractivity contribution in [1.29, 1.82) is 0 Å². The molecule has 0 radical (unpaired) electrons. The Bertz CT molecular complexity index is 516. The van der Waals surface area contributed by atoms with Gasteiger partial charge in [0.15, 0.2) is 0 Å². The SMILES string of the molecule is CC(C)n1cc(CN[C@@H](C)c2ccc(F)cc2)cn1. The van der Waals surface area contributed by atoms with Crippen molar-refractivity contribution in [3.63, 3.8) is 0 Å². The van der Waals surface area contributed by atoms with E-state index in [4.69, 9.17) is 0 Å². The lowest BCUT2D eigenvalue weighted by Gasteiger charge is -2.13. The molecule has 0 saturated carbocycles. The summed E-state index contributed by atoms with van der Waals surface area (Å²) < 4.78 is 14.8. The van der Waals surface area contributed by atoms with Crippen LogP contribution in [-0.2, 0) is 6.54 Å². The van der Waals surface area contributed by atoms with Gasteiger partial charge in [-0.15, -0.1) is 0 Å². The summed E-state index contributed by atoms with van der Waals surface area (Å²) in [6, 6.07) is 7.16. The highest BCUT2D eigenvalue weighted by molar-refractivity contribution is 5.19. The summed E-state index contributed by atoms with van der Waals surface area (Å²) in [6.45, 7) is 7.03. The van der Waals surface area contributed by atoms with E-state index in [2.05, 4.69) is 37.4 Å². The molecule has 0 aliphatic carbocycles. The Kier molecular flexibility index (Phi) is 4.32. The van der Waals surface area contributed by atoms with Gasteiger partial charge in [0.25, 0.3) is 0 Å². The molecule has 2 aromatic rings. The van der Waals surface area contributed by atoms with Crippen LogP contribution in [0.1, 0.15) is 44.0 Å². The van der Waals surface area contributed by atoms with E-state index in [9.17, 15) is 4.39 Å². The molecule has 1 aromatic carbocycles. The third-order valence-corrected chi connectivity index (χ3v) is 3.17. The maximum Gasteiger partial charge on any atom is 0.123 e. The molecular weight excluding hydrogens is 241 g/mol. The molecule has 0 saturated heterocycles. The van der Waals surface area contributed by atoms with E-state index < -0.39 is 0 Å². The normalized spacial score (nSPS) is 12.9. The lowest BCUT2D eigenvalue weighted by molar-refractivity contribution is 0.530. The van der Waals surface area contributed by atoms with Crippen LogP contribution in [0.2, 0.25) is 0 Å². The van der Waals surface area contributed by atoms with E-state index in [0.717, 1.165) is 17.7 Å². The zero-order chi connectivity index (χ0) is 13.8. The van der Waals surface area contributed by atoms with E-state index >= 15 is 0 Å². The second kappa shape index (κ2) is 5.97. The molecule has 102 valence electrons. The van der Waals surface area contributed by atoms with Crippen LogP contribution in [0.5, 0.6) is 0 Å². The van der Waals surface area contributed by atoms with Crippen molar-refractivity contribution in [1.82, 2.24) is 15.1 Å². The standard InChI is InChI=1S/C15H20FN3/c1-11(2)19-10-13(9-18-19)8-17-12(3)14-4-6-15(16)7-5-14/h4-7,9-12,17H,8H2,1-3H3/t12-/m0/s1. The summed E-state index contributed by atoms with van der Waals surface area (Å²) in [4.78, 5) is 0. The summed E-state index contributed by atoms with van der Waals surface area (Å²) in [5.74, 6) is -0.200. The van der Waals surface area contributed by atoms with Gasteiger partial charge in [-0.05, 0) is 38.5 Å². The van der Waals surface area contributed by atoms with Crippen LogP contribution in [-0.4, -0.2) is 9.78 Å². The van der Waals surface area contributed by atoms with Crippen molar-refractivity contribution in [2.75, 3.05) is 0 Å². The van der Waals surface area contributed by atoms with Gasteiger partial charge in [-0.25, -0.2) is 4.39 Å². The van der Waals surface area contributed by atoms with Gasteiger partial charge in [0.1, 0.15) is 5.82 Å². The summed E-state index contributed by atoms with van der Waals surface area (Å²) in [7, 11) is 0. The Morgan fingerprint density at radius 1 is 1.21 bits per heavy atom. The van der Waals surface area contributed by atoms with Gasteiger partial charge >= 0.3 is 0 Å². The fourth-order valence-electron chi connectivity index (χ4n) is 1.89. The van der Waals surface area contributed by atoms with Crippen LogP contribution in [0, 0.1) is 5.82 Å². The zero-order valence-corrected chi connectivity index (χ0v) is 11.6. The quantitative estimate of drug-likeness (QED) is 0.893. The number of hydrogen-bond donors (Lipinski definition) is 1. The van der Waals surface area contributed by atoms with Crippen molar-refractivity contribution in [3.8, 4) is 0 Å². The minimum absolute atomic E-state index is 0.183. The first-order chi connectivity index (χ1) is 9.06. The monoisotopic (exact) mass is 261 g/mol. The van der Waals surface area contributed by atoms with Crippen molar-refractivity contribution >= 4 is 0 Å². The predicted octanol–water partition coefficient (Wildman–Crippen LogP) is 3.45. The van der Waals surface area contributed by atoms with Crippen LogP contribution in [0.25, 0.3) is 0 Å². The summed E-state index contributed by atoms with van der Waals surface area (Å²) >= 11 is 0. The van der Waals surface area contributed by atoms with Crippen molar-refractivity contribution in [2.45, 2.75) is 39.4 Å². The molecular formula is C15H20FN3. The van der Waals surface area contributed by atoms with Crippen LogP contribution < -0.4 is 5.32 Å². The highest BCUT2D eigenvalue weighted by Gasteiger charge is 2.06. The minimum Gasteiger partial charge on any atom is -0.306 e. The van der Waals surface area contributed by atoms with Gasteiger partial charge in [-0.3, -0.25) is 4.68 Å². The first-order valence-electron chi connectivity index (χ1n) is 6.58. The molecule has 1 aromatic heterocycles. The van der Waals surface area contributed by atoms with E-state index in [0.29, 0.717) is 6.04 Å². The van der Waals surface area contributed by atoms with E-state index in [1.807, 2.05) is 23.0 Å². The average Bonchev–Trinajstić information content (AvgIpc) is 2.86. The molecule has 1 heterocycles. The summed E-state index contributed by atoms with van der Waals surface area (Å²) in [5.41, 5.74) is 2.24. The maximum atomic E-state index is 12.8. The zero-order valence-electron chi connectivity index (χ0n) is 11.6. The van der Waals surface area contributed by atoms with Crippen molar-refractivity contribution in [3.05, 3.63) is 53.6 Å². The Morgan fingerprint density at radius 3 is 2.47 bits per heavy atom. The third-order valence-electron chi connectivity index (χ3n) is 3.17. The van der Waals surface area contributed by atoms with Crippen molar-refractivity contribution < 1.29 is 4.39 Å². The topological polar surface area (TPSA) is 29.9 Å². The fourth-order valence-corrected chi connectivity index (χ4v) is 1.89. The lowest BCUT2D eigenvalue weighted by atomic mass is 10.1. The Morgan fingerprint density at radius 2 is 1.89 bits per heavy atom. The molecule has 0 spiro atoms. The largest absolute Gasteiger partial charge is 0.306 e. The number of halogens is 1. The molecule has 1 atom stereocenters. The number of nitrogens with zero attached hydrogens (tertiary/aromatic N) is 2. The minimum atomic E-state index is -0.200. The van der Waals surface area contributed by atoms with E-state index in [-0.39, 0.29) is 11.9 Å². The lowest BCUT2D eigenvalue weighted by Crippen LogP contribution is -2.17. The Balaban J connectivity index is 1.92. The van der Waals surface area contributed by atoms with Crippen molar-refractivity contribution in [2.24, 2.45) is 0 Å². The highest BCUT2D eigenvalue weighted by atomic mass is 19.1. The smallest absolute Gasteiger partial charge is 0.123 e. The van der Waals surface area contributed by atoms with E-state index in [1.54, 1.807) is 0 Å². The number of hydrogen-bond acceptors (Lipinski definition) is 2. The van der Waals surface area contributed by atoms with Crippen LogP contribution in [0.4, 0.5) is 4.39 Å². The maximum absolute atomic E-state index is 12.8. The summed E-state index contributed by atoms with van der Waals surface area (Å²) in [6.07, 6.45) is 3.93. The first kappa shape index (κ1) is 13.7. The van der Waals surface area contributed by atoms with Crippen LogP contribution >= 0.6 is 0 Å². The molecule has 3 nitrogen and oxygen atoms in total. The van der Waals surface area contributed by atoms with Gasteiger partial charge in [0.05, 0.1) is 6.20 Å². The predicted molar refractivity (Wildman–Crippen MR) is 74.3 cm³/mol. The molecule has 2 rings (SSSR count). The number of benzene rings is 1. The highest BCUT2D eigenvalue weighted by Crippen LogP contribution is 2.14. The second-order valence-corrected chi connectivity index (χ2v) is 5.08.